The van der Waals surface area contributed by atoms with Crippen LogP contribution >= 0.6 is 0 Å². The average Bonchev–Trinajstić information content (AvgIpc) is 3.02. The summed E-state index contributed by atoms with van der Waals surface area (Å²) < 4.78 is 16.5. The zero-order valence-corrected chi connectivity index (χ0v) is 24.6. The van der Waals surface area contributed by atoms with Crippen LogP contribution < -0.4 is 26.0 Å². The van der Waals surface area contributed by atoms with E-state index in [1.165, 1.54) is 12.8 Å². The molecule has 4 N–H and O–H groups in total. The summed E-state index contributed by atoms with van der Waals surface area (Å²) >= 11 is 0. The summed E-state index contributed by atoms with van der Waals surface area (Å²) in [5.41, 5.74) is 1.73. The van der Waals surface area contributed by atoms with Crippen molar-refractivity contribution in [2.45, 2.75) is 45.2 Å². The third-order valence-electron chi connectivity index (χ3n) is 7.06. The number of ether oxygens (including phenoxy) is 3. The molecule has 226 valence electrons. The molecule has 1 amide bonds. The van der Waals surface area contributed by atoms with Gasteiger partial charge in [-0.05, 0) is 61.4 Å². The monoisotopic (exact) mass is 577 g/mol. The molecule has 1 fully saturated rings. The molecule has 0 unspecified atom stereocenters. The van der Waals surface area contributed by atoms with Gasteiger partial charge in [0.15, 0.2) is 0 Å². The minimum Gasteiger partial charge on any atom is -0.497 e. The van der Waals surface area contributed by atoms with Crippen molar-refractivity contribution in [1.29, 1.82) is 0 Å². The molecule has 1 aliphatic carbocycles. The van der Waals surface area contributed by atoms with Gasteiger partial charge in [-0.25, -0.2) is 0 Å². The third-order valence-corrected chi connectivity index (χ3v) is 7.06. The van der Waals surface area contributed by atoms with Gasteiger partial charge >= 0.3 is 0 Å². The lowest BCUT2D eigenvalue weighted by molar-refractivity contribution is 0.0519. The summed E-state index contributed by atoms with van der Waals surface area (Å²) in [6.07, 6.45) is 4.64. The molecular weight excluding hydrogens is 534 g/mol. The van der Waals surface area contributed by atoms with E-state index in [0.29, 0.717) is 75.5 Å². The van der Waals surface area contributed by atoms with E-state index in [0.717, 1.165) is 30.1 Å². The second-order valence-electron chi connectivity index (χ2n) is 10.4. The Bertz CT molecular complexity index is 1210. The van der Waals surface area contributed by atoms with Crippen molar-refractivity contribution in [3.8, 4) is 5.75 Å². The van der Waals surface area contributed by atoms with Gasteiger partial charge < -0.3 is 35.5 Å². The molecule has 0 bridgehead atoms. The maximum atomic E-state index is 12.0. The highest BCUT2D eigenvalue weighted by Gasteiger charge is 2.19. The predicted octanol–water partition coefficient (Wildman–Crippen LogP) is 4.36. The first-order chi connectivity index (χ1) is 20.6. The molecule has 0 aliphatic heterocycles. The number of hydrogen-bond donors (Lipinski definition) is 4. The molecule has 1 aliphatic rings. The fourth-order valence-corrected chi connectivity index (χ4v) is 4.60. The smallest absolute Gasteiger partial charge is 0.251 e. The summed E-state index contributed by atoms with van der Waals surface area (Å²) in [5.74, 6) is 3.04. The van der Waals surface area contributed by atoms with E-state index in [4.69, 9.17) is 14.2 Å². The highest BCUT2D eigenvalue weighted by atomic mass is 16.5. The molecule has 0 spiro atoms. The number of amides is 1. The Hall–Kier alpha value is -3.96. The molecule has 0 atom stereocenters. The highest BCUT2D eigenvalue weighted by Crippen LogP contribution is 2.25. The van der Waals surface area contributed by atoms with Gasteiger partial charge in [-0.3, -0.25) is 4.79 Å². The van der Waals surface area contributed by atoms with Gasteiger partial charge in [-0.15, -0.1) is 0 Å². The van der Waals surface area contributed by atoms with Crippen molar-refractivity contribution in [3.05, 3.63) is 65.7 Å². The Kier molecular flexibility index (Phi) is 12.6. The Morgan fingerprint density at radius 1 is 0.786 bits per heavy atom. The fourth-order valence-electron chi connectivity index (χ4n) is 4.60. The Morgan fingerprint density at radius 2 is 1.43 bits per heavy atom. The quantitative estimate of drug-likeness (QED) is 0.172. The molecule has 11 heteroatoms. The van der Waals surface area contributed by atoms with E-state index in [1.54, 1.807) is 19.2 Å². The number of methoxy groups -OCH3 is 1. The van der Waals surface area contributed by atoms with Crippen LogP contribution in [0.25, 0.3) is 0 Å². The topological polar surface area (TPSA) is 132 Å². The average molecular weight is 578 g/mol. The lowest BCUT2D eigenvalue weighted by Gasteiger charge is -2.27. The van der Waals surface area contributed by atoms with Crippen LogP contribution in [0.2, 0.25) is 0 Å². The third kappa shape index (κ3) is 10.8. The van der Waals surface area contributed by atoms with Crippen molar-refractivity contribution < 1.29 is 19.0 Å². The van der Waals surface area contributed by atoms with Crippen LogP contribution in [0.15, 0.2) is 54.6 Å². The standard InChI is InChI=1S/C31H43N7O4/c1-23-8-12-26(13-9-23)35-31-37-29(36-30(38-31)34-22-24-10-14-27(40-2)15-11-24)33-17-19-42-21-20-41-18-16-32-28(39)25-6-4-3-5-7-25/h3-7,10-11,14-15,23,26H,8-9,12-13,16-22H2,1-2H3,(H,32,39)(H3,33,34,35,36,37,38). The first-order valence-corrected chi connectivity index (χ1v) is 14.7. The van der Waals surface area contributed by atoms with Crippen LogP contribution in [0.5, 0.6) is 5.75 Å². The number of aromatic nitrogens is 3. The van der Waals surface area contributed by atoms with Crippen molar-refractivity contribution in [2.24, 2.45) is 5.92 Å². The molecule has 0 radical (unpaired) electrons. The number of anilines is 3. The van der Waals surface area contributed by atoms with Gasteiger partial charge in [0, 0.05) is 31.2 Å². The molecule has 4 rings (SSSR count). The Balaban J connectivity index is 1.18. The van der Waals surface area contributed by atoms with Crippen LogP contribution in [-0.4, -0.2) is 73.5 Å². The van der Waals surface area contributed by atoms with Crippen LogP contribution in [0.3, 0.4) is 0 Å². The van der Waals surface area contributed by atoms with E-state index in [1.807, 2.05) is 42.5 Å². The molecule has 11 nitrogen and oxygen atoms in total. The van der Waals surface area contributed by atoms with Gasteiger partial charge in [0.1, 0.15) is 5.75 Å². The first-order valence-electron chi connectivity index (χ1n) is 14.7. The number of nitrogens with zero attached hydrogens (tertiary/aromatic N) is 3. The molecule has 1 saturated carbocycles. The summed E-state index contributed by atoms with van der Waals surface area (Å²) in [6.45, 7) is 5.66. The summed E-state index contributed by atoms with van der Waals surface area (Å²) in [7, 11) is 1.66. The van der Waals surface area contributed by atoms with Crippen LogP contribution in [-0.2, 0) is 16.0 Å². The number of nitrogens with one attached hydrogen (secondary N) is 4. The van der Waals surface area contributed by atoms with Crippen LogP contribution in [0.1, 0.15) is 48.5 Å². The number of rotatable bonds is 17. The number of carbonyl (C=O) groups is 1. The first kappa shape index (κ1) is 31.0. The molecule has 0 saturated heterocycles. The molecule has 1 aromatic heterocycles. The molecule has 42 heavy (non-hydrogen) atoms. The van der Waals surface area contributed by atoms with Crippen LogP contribution in [0, 0.1) is 5.92 Å². The Labute approximate surface area is 248 Å². The van der Waals surface area contributed by atoms with Gasteiger partial charge in [0.2, 0.25) is 17.8 Å². The van der Waals surface area contributed by atoms with Crippen molar-refractivity contribution in [1.82, 2.24) is 20.3 Å². The van der Waals surface area contributed by atoms with Gasteiger partial charge in [0.25, 0.3) is 5.91 Å². The van der Waals surface area contributed by atoms with Crippen molar-refractivity contribution in [3.63, 3.8) is 0 Å². The van der Waals surface area contributed by atoms with Crippen molar-refractivity contribution in [2.75, 3.05) is 62.6 Å². The summed E-state index contributed by atoms with van der Waals surface area (Å²) in [6, 6.07) is 17.4. The zero-order chi connectivity index (χ0) is 29.4. The molecule has 1 heterocycles. The SMILES string of the molecule is COc1ccc(CNc2nc(NCCOCCOCCNC(=O)c3ccccc3)nc(NC3CCC(C)CC3)n2)cc1. The zero-order valence-electron chi connectivity index (χ0n) is 24.6. The number of benzene rings is 2. The van der Waals surface area contributed by atoms with Gasteiger partial charge in [-0.1, -0.05) is 37.3 Å². The molecule has 3 aromatic rings. The largest absolute Gasteiger partial charge is 0.497 e. The van der Waals surface area contributed by atoms with Gasteiger partial charge in [-0.2, -0.15) is 15.0 Å². The lowest BCUT2D eigenvalue weighted by atomic mass is 9.87. The number of carbonyl (C=O) groups excluding carboxylic acids is 1. The van der Waals surface area contributed by atoms with E-state index in [-0.39, 0.29) is 5.91 Å². The van der Waals surface area contributed by atoms with E-state index in [9.17, 15) is 4.79 Å². The molecular formula is C31H43N7O4. The second-order valence-corrected chi connectivity index (χ2v) is 10.4. The minimum absolute atomic E-state index is 0.106. The molecule has 2 aromatic carbocycles. The second kappa shape index (κ2) is 17.1. The maximum Gasteiger partial charge on any atom is 0.251 e. The van der Waals surface area contributed by atoms with E-state index >= 15 is 0 Å². The fraction of sp³-hybridized carbons (Fsp3) is 0.484. The van der Waals surface area contributed by atoms with Crippen LogP contribution in [0.4, 0.5) is 17.8 Å². The van der Waals surface area contributed by atoms with E-state index in [2.05, 4.69) is 43.1 Å². The van der Waals surface area contributed by atoms with E-state index < -0.39 is 0 Å². The predicted molar refractivity (Wildman–Crippen MR) is 164 cm³/mol. The van der Waals surface area contributed by atoms with Gasteiger partial charge in [0.05, 0.1) is 33.5 Å². The summed E-state index contributed by atoms with van der Waals surface area (Å²) in [4.78, 5) is 25.8. The summed E-state index contributed by atoms with van der Waals surface area (Å²) in [5, 5.41) is 12.9. The Morgan fingerprint density at radius 3 is 2.12 bits per heavy atom. The number of hydrogen-bond acceptors (Lipinski definition) is 10. The lowest BCUT2D eigenvalue weighted by Crippen LogP contribution is -2.27. The highest BCUT2D eigenvalue weighted by molar-refractivity contribution is 5.94. The maximum absolute atomic E-state index is 12.0. The normalized spacial score (nSPS) is 16.4. The minimum atomic E-state index is -0.106. The van der Waals surface area contributed by atoms with Crippen molar-refractivity contribution >= 4 is 23.8 Å².